The molecule has 1 N–H and O–H groups in total. The van der Waals surface area contributed by atoms with Gasteiger partial charge in [0.2, 0.25) is 0 Å². The van der Waals surface area contributed by atoms with Crippen molar-refractivity contribution in [2.24, 2.45) is 0 Å². The number of aryl methyl sites for hydroxylation is 2. The molecule has 0 saturated heterocycles. The highest BCUT2D eigenvalue weighted by Crippen LogP contribution is 2.19. The van der Waals surface area contributed by atoms with Crippen molar-refractivity contribution < 1.29 is 9.53 Å². The van der Waals surface area contributed by atoms with Gasteiger partial charge in [0.25, 0.3) is 5.91 Å². The Morgan fingerprint density at radius 1 is 1.26 bits per heavy atom. The molecule has 5 heteroatoms. The van der Waals surface area contributed by atoms with Crippen molar-refractivity contribution in [1.82, 2.24) is 9.55 Å². The Bertz CT molecular complexity index is 839. The molecule has 0 atom stereocenters. The van der Waals surface area contributed by atoms with Gasteiger partial charge in [-0.15, -0.1) is 0 Å². The summed E-state index contributed by atoms with van der Waals surface area (Å²) in [7, 11) is 0. The van der Waals surface area contributed by atoms with E-state index in [0.29, 0.717) is 0 Å². The third-order valence-corrected chi connectivity index (χ3v) is 3.70. The van der Waals surface area contributed by atoms with Crippen LogP contribution in [0.25, 0.3) is 11.0 Å². The van der Waals surface area contributed by atoms with Crippen molar-refractivity contribution in [2.75, 3.05) is 11.9 Å². The van der Waals surface area contributed by atoms with Crippen LogP contribution in [-0.4, -0.2) is 22.1 Å². The van der Waals surface area contributed by atoms with Gasteiger partial charge in [0.15, 0.2) is 6.61 Å². The molecule has 0 bridgehead atoms. The van der Waals surface area contributed by atoms with Gasteiger partial charge in [-0.25, -0.2) is 4.98 Å². The van der Waals surface area contributed by atoms with Gasteiger partial charge in [-0.1, -0.05) is 18.2 Å². The fraction of sp³-hybridized carbons (Fsp3) is 0.222. The third kappa shape index (κ3) is 3.34. The molecule has 3 aromatic rings. The zero-order valence-electron chi connectivity index (χ0n) is 13.2. The predicted molar refractivity (Wildman–Crippen MR) is 90.7 cm³/mol. The second kappa shape index (κ2) is 6.52. The average Bonchev–Trinajstić information content (AvgIpc) is 2.96. The number of rotatable bonds is 5. The minimum absolute atomic E-state index is 0.0215. The molecule has 2 aromatic carbocycles. The lowest BCUT2D eigenvalue weighted by atomic mass is 10.2. The number of nitrogens with zero attached hydrogens (tertiary/aromatic N) is 2. The number of anilines is 1. The summed E-state index contributed by atoms with van der Waals surface area (Å²) in [4.78, 5) is 16.4. The second-order valence-electron chi connectivity index (χ2n) is 5.34. The SMILES string of the molecule is CCn1cnc2cc(NC(=O)COc3ccccc3C)ccc21. The maximum Gasteiger partial charge on any atom is 0.262 e. The molecule has 0 radical (unpaired) electrons. The number of ether oxygens (including phenoxy) is 1. The van der Waals surface area contributed by atoms with Gasteiger partial charge in [-0.05, 0) is 43.7 Å². The van der Waals surface area contributed by atoms with E-state index in [2.05, 4.69) is 21.8 Å². The third-order valence-electron chi connectivity index (χ3n) is 3.70. The van der Waals surface area contributed by atoms with Crippen LogP contribution in [0.5, 0.6) is 5.75 Å². The number of benzene rings is 2. The van der Waals surface area contributed by atoms with E-state index < -0.39 is 0 Å². The maximum absolute atomic E-state index is 12.0. The molecule has 0 aliphatic carbocycles. The summed E-state index contributed by atoms with van der Waals surface area (Å²) in [5, 5.41) is 2.84. The highest BCUT2D eigenvalue weighted by molar-refractivity contribution is 5.94. The van der Waals surface area contributed by atoms with Crippen LogP contribution in [0, 0.1) is 6.92 Å². The molecule has 0 unspecified atom stereocenters. The summed E-state index contributed by atoms with van der Waals surface area (Å²) < 4.78 is 7.61. The van der Waals surface area contributed by atoms with Crippen LogP contribution in [0.3, 0.4) is 0 Å². The van der Waals surface area contributed by atoms with Crippen molar-refractivity contribution in [3.63, 3.8) is 0 Å². The summed E-state index contributed by atoms with van der Waals surface area (Å²) in [6, 6.07) is 13.3. The van der Waals surface area contributed by atoms with Crippen molar-refractivity contribution >= 4 is 22.6 Å². The van der Waals surface area contributed by atoms with Crippen LogP contribution in [0.15, 0.2) is 48.8 Å². The molecular weight excluding hydrogens is 290 g/mol. The van der Waals surface area contributed by atoms with E-state index >= 15 is 0 Å². The number of nitrogens with one attached hydrogen (secondary N) is 1. The zero-order chi connectivity index (χ0) is 16.2. The second-order valence-corrected chi connectivity index (χ2v) is 5.34. The number of para-hydroxylation sites is 1. The lowest BCUT2D eigenvalue weighted by molar-refractivity contribution is -0.118. The smallest absolute Gasteiger partial charge is 0.262 e. The first-order valence-electron chi connectivity index (χ1n) is 7.60. The quantitative estimate of drug-likeness (QED) is 0.786. The number of hydrogen-bond donors (Lipinski definition) is 1. The van der Waals surface area contributed by atoms with Gasteiger partial charge < -0.3 is 14.6 Å². The first kappa shape index (κ1) is 15.1. The van der Waals surface area contributed by atoms with E-state index in [-0.39, 0.29) is 12.5 Å². The van der Waals surface area contributed by atoms with Crippen molar-refractivity contribution in [3.8, 4) is 5.75 Å². The number of carbonyl (C=O) groups is 1. The molecule has 1 amide bonds. The number of fused-ring (bicyclic) bond motifs is 1. The fourth-order valence-corrected chi connectivity index (χ4v) is 2.45. The first-order valence-corrected chi connectivity index (χ1v) is 7.60. The molecule has 0 aliphatic heterocycles. The van der Waals surface area contributed by atoms with E-state index in [1.54, 1.807) is 6.33 Å². The van der Waals surface area contributed by atoms with Gasteiger partial charge in [0.05, 0.1) is 17.4 Å². The Hall–Kier alpha value is -2.82. The maximum atomic E-state index is 12.0. The number of aromatic nitrogens is 2. The lowest BCUT2D eigenvalue weighted by Crippen LogP contribution is -2.20. The molecule has 0 spiro atoms. The van der Waals surface area contributed by atoms with Crippen LogP contribution < -0.4 is 10.1 Å². The van der Waals surface area contributed by atoms with E-state index in [1.165, 1.54) is 0 Å². The molecule has 0 aliphatic rings. The largest absolute Gasteiger partial charge is 0.483 e. The van der Waals surface area contributed by atoms with Gasteiger partial charge in [0.1, 0.15) is 5.75 Å². The highest BCUT2D eigenvalue weighted by Gasteiger charge is 2.07. The standard InChI is InChI=1S/C18H19N3O2/c1-3-21-12-19-15-10-14(8-9-16(15)21)20-18(22)11-23-17-7-5-4-6-13(17)2/h4-10,12H,3,11H2,1-2H3,(H,20,22). The summed E-state index contributed by atoms with van der Waals surface area (Å²) in [5.41, 5.74) is 3.65. The normalized spacial score (nSPS) is 10.7. The van der Waals surface area contributed by atoms with Crippen molar-refractivity contribution in [1.29, 1.82) is 0 Å². The summed E-state index contributed by atoms with van der Waals surface area (Å²) in [6.45, 7) is 4.86. The highest BCUT2D eigenvalue weighted by atomic mass is 16.5. The summed E-state index contributed by atoms with van der Waals surface area (Å²) in [5.74, 6) is 0.530. The topological polar surface area (TPSA) is 56.2 Å². The average molecular weight is 309 g/mol. The number of imidazole rings is 1. The predicted octanol–water partition coefficient (Wildman–Crippen LogP) is 3.38. The Balaban J connectivity index is 1.65. The van der Waals surface area contributed by atoms with E-state index in [0.717, 1.165) is 34.6 Å². The van der Waals surface area contributed by atoms with Gasteiger partial charge in [-0.3, -0.25) is 4.79 Å². The molecular formula is C18H19N3O2. The number of amides is 1. The van der Waals surface area contributed by atoms with Crippen LogP contribution in [0.1, 0.15) is 12.5 Å². The summed E-state index contributed by atoms with van der Waals surface area (Å²) >= 11 is 0. The van der Waals surface area contributed by atoms with Crippen molar-refractivity contribution in [3.05, 3.63) is 54.4 Å². The van der Waals surface area contributed by atoms with Crippen LogP contribution >= 0.6 is 0 Å². The molecule has 5 nitrogen and oxygen atoms in total. The zero-order valence-corrected chi connectivity index (χ0v) is 13.2. The van der Waals surface area contributed by atoms with Gasteiger partial charge >= 0.3 is 0 Å². The molecule has 1 aromatic heterocycles. The first-order chi connectivity index (χ1) is 11.2. The minimum atomic E-state index is -0.192. The monoisotopic (exact) mass is 309 g/mol. The van der Waals surface area contributed by atoms with Gasteiger partial charge in [-0.2, -0.15) is 0 Å². The lowest BCUT2D eigenvalue weighted by Gasteiger charge is -2.09. The molecule has 23 heavy (non-hydrogen) atoms. The Kier molecular flexibility index (Phi) is 4.28. The number of carbonyl (C=O) groups excluding carboxylic acids is 1. The van der Waals surface area contributed by atoms with Crippen molar-refractivity contribution in [2.45, 2.75) is 20.4 Å². The minimum Gasteiger partial charge on any atom is -0.483 e. The molecule has 0 saturated carbocycles. The van der Waals surface area contributed by atoms with E-state index in [4.69, 9.17) is 4.74 Å². The Morgan fingerprint density at radius 3 is 2.87 bits per heavy atom. The molecule has 3 rings (SSSR count). The fourth-order valence-electron chi connectivity index (χ4n) is 2.45. The summed E-state index contributed by atoms with van der Waals surface area (Å²) in [6.07, 6.45) is 1.80. The Labute approximate surface area is 134 Å². The van der Waals surface area contributed by atoms with Gasteiger partial charge in [0, 0.05) is 12.2 Å². The van der Waals surface area contributed by atoms with Crippen LogP contribution in [0.4, 0.5) is 5.69 Å². The van der Waals surface area contributed by atoms with Crippen LogP contribution in [0.2, 0.25) is 0 Å². The molecule has 1 heterocycles. The Morgan fingerprint density at radius 2 is 2.09 bits per heavy atom. The molecule has 0 fully saturated rings. The van der Waals surface area contributed by atoms with E-state index in [9.17, 15) is 4.79 Å². The van der Waals surface area contributed by atoms with E-state index in [1.807, 2.05) is 49.4 Å². The number of hydrogen-bond acceptors (Lipinski definition) is 3. The molecule has 118 valence electrons. The van der Waals surface area contributed by atoms with Crippen LogP contribution in [-0.2, 0) is 11.3 Å².